The lowest BCUT2D eigenvalue weighted by atomic mass is 9.89. The van der Waals surface area contributed by atoms with Gasteiger partial charge in [0.25, 0.3) is 0 Å². The number of fused-ring (bicyclic) bond motifs is 2. The van der Waals surface area contributed by atoms with Crippen molar-refractivity contribution < 1.29 is 110 Å². The van der Waals surface area contributed by atoms with Gasteiger partial charge in [0.2, 0.25) is 5.76 Å². The van der Waals surface area contributed by atoms with Crippen LogP contribution in [0.25, 0.3) is 0 Å². The van der Waals surface area contributed by atoms with Crippen LogP contribution in [0.2, 0.25) is 0 Å². The molecule has 6 aliphatic rings. The largest absolute Gasteiger partial charge is 0.480 e. The topological polar surface area (TPSA) is 373 Å². The molecule has 4 heterocycles. The Kier molecular flexibility index (Phi) is 13.0. The predicted molar refractivity (Wildman–Crippen MR) is 185 cm³/mol. The van der Waals surface area contributed by atoms with E-state index in [1.54, 1.807) is 0 Å². The fourth-order valence-electron chi connectivity index (χ4n) is 10.4. The Balaban J connectivity index is 1.12. The molecule has 22 nitrogen and oxygen atoms in total. The summed E-state index contributed by atoms with van der Waals surface area (Å²) in [6, 6.07) is 0. The molecule has 14 N–H and O–H groups in total. The fourth-order valence-corrected chi connectivity index (χ4v) is 10.4. The zero-order chi connectivity index (χ0) is 42.9. The Labute approximate surface area is 331 Å². The molecule has 21 atom stereocenters. The van der Waals surface area contributed by atoms with Crippen LogP contribution in [0.1, 0.15) is 33.1 Å². The molecule has 0 radical (unpaired) electrons. The molecule has 4 aliphatic heterocycles. The first-order valence-electron chi connectivity index (χ1n) is 19.2. The minimum atomic E-state index is -2.04. The summed E-state index contributed by atoms with van der Waals surface area (Å²) in [7, 11) is 0. The van der Waals surface area contributed by atoms with E-state index in [0.29, 0.717) is 0 Å². The molecule has 58 heavy (non-hydrogen) atoms. The Hall–Kier alpha value is -2.20. The van der Waals surface area contributed by atoms with E-state index in [4.69, 9.17) is 33.5 Å². The Morgan fingerprint density at radius 3 is 1.79 bits per heavy atom. The summed E-state index contributed by atoms with van der Waals surface area (Å²) < 4.78 is 33.6. The highest BCUT2D eigenvalue weighted by molar-refractivity contribution is 5.84. The van der Waals surface area contributed by atoms with Crippen molar-refractivity contribution in [2.24, 2.45) is 28.6 Å². The molecule has 0 spiro atoms. The second kappa shape index (κ2) is 16.6. The van der Waals surface area contributed by atoms with Gasteiger partial charge in [0, 0.05) is 41.4 Å². The minimum absolute atomic E-state index is 0.0209. The third-order valence-electron chi connectivity index (χ3n) is 13.9. The van der Waals surface area contributed by atoms with Gasteiger partial charge in [-0.15, -0.1) is 0 Å². The SMILES string of the molecule is CC12C(CO)OC(CC3(O)C4C(O)C(O)C(COCC5CCOC(OCC(=O)O)C(O)C5O)OC(CO)C43C)C(O)C(O)C1C2(O)CC1OC(C(=O)O)=CC(O)C1O. The Morgan fingerprint density at radius 2 is 1.26 bits per heavy atom. The number of aliphatic carboxylic acids is 2. The third-order valence-corrected chi connectivity index (χ3v) is 13.9. The monoisotopic (exact) mass is 840 g/mol. The van der Waals surface area contributed by atoms with Crippen molar-refractivity contribution >= 4 is 11.9 Å². The van der Waals surface area contributed by atoms with Crippen molar-refractivity contribution in [3.05, 3.63) is 11.8 Å². The second-order valence-corrected chi connectivity index (χ2v) is 16.9. The molecule has 21 unspecified atom stereocenters. The van der Waals surface area contributed by atoms with Crippen LogP contribution in [0.15, 0.2) is 11.8 Å². The van der Waals surface area contributed by atoms with Crippen LogP contribution in [0.5, 0.6) is 0 Å². The van der Waals surface area contributed by atoms with Crippen molar-refractivity contribution in [1.82, 2.24) is 0 Å². The molecule has 5 fully saturated rings. The lowest BCUT2D eigenvalue weighted by Gasteiger charge is -2.37. The summed E-state index contributed by atoms with van der Waals surface area (Å²) in [5, 5.41) is 151. The maximum absolute atomic E-state index is 12.2. The summed E-state index contributed by atoms with van der Waals surface area (Å²) >= 11 is 0. The highest BCUT2D eigenvalue weighted by Gasteiger charge is 2.84. The molecular formula is C36H56O22. The van der Waals surface area contributed by atoms with Crippen LogP contribution in [-0.4, -0.2) is 220 Å². The lowest BCUT2D eigenvalue weighted by Crippen LogP contribution is -2.51. The van der Waals surface area contributed by atoms with Gasteiger partial charge in [-0.1, -0.05) is 13.8 Å². The Morgan fingerprint density at radius 1 is 0.724 bits per heavy atom. The highest BCUT2D eigenvalue weighted by atomic mass is 16.7. The Bertz CT molecular complexity index is 1530. The summed E-state index contributed by atoms with van der Waals surface area (Å²) in [6.07, 6.45) is -21.9. The number of carboxylic acid groups (broad SMARTS) is 2. The first-order valence-corrected chi connectivity index (χ1v) is 19.2. The van der Waals surface area contributed by atoms with E-state index in [0.717, 1.165) is 6.08 Å². The molecule has 3 saturated heterocycles. The average Bonchev–Trinajstić information content (AvgIpc) is 3.93. The van der Waals surface area contributed by atoms with Crippen LogP contribution >= 0.6 is 0 Å². The van der Waals surface area contributed by atoms with Gasteiger partial charge in [0.1, 0.15) is 49.3 Å². The molecule has 332 valence electrons. The quantitative estimate of drug-likeness (QED) is 0.0773. The summed E-state index contributed by atoms with van der Waals surface area (Å²) in [6.45, 7) is 0.0268. The third kappa shape index (κ3) is 7.36. The van der Waals surface area contributed by atoms with Gasteiger partial charge in [-0.05, 0) is 12.5 Å². The highest BCUT2D eigenvalue weighted by Crippen LogP contribution is 2.72. The van der Waals surface area contributed by atoms with Crippen LogP contribution in [0, 0.1) is 28.6 Å². The van der Waals surface area contributed by atoms with Crippen molar-refractivity contribution in [3.63, 3.8) is 0 Å². The number of aliphatic hydroxyl groups is 12. The molecule has 0 aromatic carbocycles. The van der Waals surface area contributed by atoms with Crippen LogP contribution in [0.3, 0.4) is 0 Å². The molecule has 22 heteroatoms. The zero-order valence-electron chi connectivity index (χ0n) is 31.8. The predicted octanol–water partition coefficient (Wildman–Crippen LogP) is -6.24. The molecule has 6 rings (SSSR count). The van der Waals surface area contributed by atoms with Gasteiger partial charge < -0.3 is 99.9 Å². The van der Waals surface area contributed by atoms with Gasteiger partial charge in [-0.2, -0.15) is 0 Å². The van der Waals surface area contributed by atoms with E-state index in [2.05, 4.69) is 0 Å². The average molecular weight is 841 g/mol. The molecular weight excluding hydrogens is 784 g/mol. The van der Waals surface area contributed by atoms with E-state index in [1.807, 2.05) is 0 Å². The maximum Gasteiger partial charge on any atom is 0.370 e. The number of aliphatic hydroxyl groups excluding tert-OH is 10. The first kappa shape index (κ1) is 45.3. The molecule has 0 aromatic heterocycles. The van der Waals surface area contributed by atoms with Crippen molar-refractivity contribution in [2.45, 2.75) is 130 Å². The number of hydrogen-bond donors (Lipinski definition) is 14. The number of carbonyl (C=O) groups is 2. The number of ether oxygens (including phenoxy) is 6. The normalized spacial score (nSPS) is 51.5. The van der Waals surface area contributed by atoms with Crippen molar-refractivity contribution in [3.8, 4) is 0 Å². The van der Waals surface area contributed by atoms with Crippen molar-refractivity contribution in [2.75, 3.05) is 39.6 Å². The van der Waals surface area contributed by atoms with E-state index in [9.17, 15) is 76.0 Å². The van der Waals surface area contributed by atoms with Gasteiger partial charge in [-0.25, -0.2) is 9.59 Å². The number of hydrogen-bond acceptors (Lipinski definition) is 20. The number of carboxylic acids is 2. The smallest absolute Gasteiger partial charge is 0.370 e. The summed E-state index contributed by atoms with van der Waals surface area (Å²) in [5.74, 6) is -6.74. The maximum atomic E-state index is 12.2. The van der Waals surface area contributed by atoms with Crippen LogP contribution < -0.4 is 0 Å². The van der Waals surface area contributed by atoms with Crippen LogP contribution in [0.4, 0.5) is 0 Å². The van der Waals surface area contributed by atoms with Crippen molar-refractivity contribution in [1.29, 1.82) is 0 Å². The van der Waals surface area contributed by atoms with E-state index in [-0.39, 0.29) is 26.2 Å². The molecule has 2 aliphatic carbocycles. The van der Waals surface area contributed by atoms with Gasteiger partial charge in [0.05, 0.1) is 80.9 Å². The zero-order valence-corrected chi connectivity index (χ0v) is 31.8. The summed E-state index contributed by atoms with van der Waals surface area (Å²) in [5.41, 5.74) is -7.13. The van der Waals surface area contributed by atoms with Gasteiger partial charge >= 0.3 is 11.9 Å². The van der Waals surface area contributed by atoms with E-state index in [1.165, 1.54) is 13.8 Å². The van der Waals surface area contributed by atoms with E-state index < -0.39 is 176 Å². The first-order chi connectivity index (χ1) is 27.1. The standard InChI is InChI=1S/C36H56O22/c1-33-19(8-37)57-17(24(44)26(46)29(33)35(33,51)6-16-23(43)14(39)5-15(56-16)31(49)50)7-36(52)30-27(47)25(45)18(58-20(9-38)34(30,36)2)11-53-10-13-3-4-54-32(28(48)22(13)42)55-12-21(40)41/h5,13-14,16-20,22-30,32,37-39,42-48,51-52H,3-4,6-12H2,1-2H3,(H,40,41)(H,49,50). The van der Waals surface area contributed by atoms with E-state index >= 15 is 0 Å². The van der Waals surface area contributed by atoms with Gasteiger partial charge in [0.15, 0.2) is 6.29 Å². The molecule has 0 bridgehead atoms. The fraction of sp³-hybridized carbons (Fsp3) is 0.889. The number of rotatable bonds is 14. The summed E-state index contributed by atoms with van der Waals surface area (Å²) in [4.78, 5) is 22.4. The minimum Gasteiger partial charge on any atom is -0.480 e. The second-order valence-electron chi connectivity index (χ2n) is 16.9. The molecule has 0 amide bonds. The molecule has 0 aromatic rings. The van der Waals surface area contributed by atoms with Gasteiger partial charge in [-0.3, -0.25) is 0 Å². The lowest BCUT2D eigenvalue weighted by molar-refractivity contribution is -0.211. The van der Waals surface area contributed by atoms with Crippen LogP contribution in [-0.2, 0) is 38.0 Å². The molecule has 2 saturated carbocycles.